The quantitative estimate of drug-likeness (QED) is 0.666. The van der Waals surface area contributed by atoms with Gasteiger partial charge in [0, 0.05) is 6.92 Å². The number of ketones is 1. The minimum Gasteiger partial charge on any atom is -0.463 e. The molecular formula is C10H16O6. The van der Waals surface area contributed by atoms with E-state index in [9.17, 15) is 14.7 Å². The first kappa shape index (κ1) is 13.1. The third-order valence-corrected chi connectivity index (χ3v) is 2.02. The second kappa shape index (κ2) is 5.38. The number of ether oxygens (including phenoxy) is 3. The first-order valence-electron chi connectivity index (χ1n) is 5.08. The van der Waals surface area contributed by atoms with Crippen LogP contribution >= 0.6 is 0 Å². The van der Waals surface area contributed by atoms with Crippen LogP contribution in [0.4, 0.5) is 0 Å². The minimum atomic E-state index is -1.30. The van der Waals surface area contributed by atoms with E-state index in [0.717, 1.165) is 0 Å². The zero-order chi connectivity index (χ0) is 12.3. The van der Waals surface area contributed by atoms with Crippen LogP contribution in [0.15, 0.2) is 0 Å². The third kappa shape index (κ3) is 3.26. The fourth-order valence-corrected chi connectivity index (χ4v) is 1.37. The van der Waals surface area contributed by atoms with E-state index in [-0.39, 0.29) is 12.7 Å². The van der Waals surface area contributed by atoms with E-state index in [4.69, 9.17) is 9.47 Å². The molecule has 1 heterocycles. The highest BCUT2D eigenvalue weighted by Crippen LogP contribution is 2.19. The summed E-state index contributed by atoms with van der Waals surface area (Å²) in [6.45, 7) is 4.54. The van der Waals surface area contributed by atoms with Crippen LogP contribution in [-0.4, -0.2) is 48.1 Å². The molecule has 0 aromatic heterocycles. The molecule has 0 amide bonds. The molecule has 1 aliphatic rings. The largest absolute Gasteiger partial charge is 0.463 e. The van der Waals surface area contributed by atoms with E-state index in [1.165, 1.54) is 6.92 Å². The average molecular weight is 232 g/mol. The van der Waals surface area contributed by atoms with Crippen LogP contribution < -0.4 is 0 Å². The van der Waals surface area contributed by atoms with Gasteiger partial charge in [-0.3, -0.25) is 9.59 Å². The van der Waals surface area contributed by atoms with Crippen molar-refractivity contribution in [2.75, 3.05) is 6.61 Å². The van der Waals surface area contributed by atoms with Crippen LogP contribution in [-0.2, 0) is 23.8 Å². The van der Waals surface area contributed by atoms with Gasteiger partial charge in [0.1, 0.15) is 6.61 Å². The molecule has 1 N–H and O–H groups in total. The van der Waals surface area contributed by atoms with Gasteiger partial charge in [-0.05, 0) is 13.8 Å². The molecule has 0 aliphatic carbocycles. The Morgan fingerprint density at radius 3 is 2.69 bits per heavy atom. The summed E-state index contributed by atoms with van der Waals surface area (Å²) in [4.78, 5) is 22.2. The highest BCUT2D eigenvalue weighted by molar-refractivity contribution is 5.89. The number of hydrogen-bond donors (Lipinski definition) is 1. The van der Waals surface area contributed by atoms with Crippen molar-refractivity contribution in [3.63, 3.8) is 0 Å². The number of aliphatic hydroxyl groups is 1. The molecule has 0 spiro atoms. The smallest absolute Gasteiger partial charge is 0.302 e. The molecule has 6 nitrogen and oxygen atoms in total. The van der Waals surface area contributed by atoms with E-state index in [1.807, 2.05) is 0 Å². The van der Waals surface area contributed by atoms with Gasteiger partial charge in [-0.2, -0.15) is 0 Å². The Hall–Kier alpha value is -0.980. The van der Waals surface area contributed by atoms with Crippen molar-refractivity contribution in [3.8, 4) is 0 Å². The predicted octanol–water partition coefficient (Wildman–Crippen LogP) is -0.371. The lowest BCUT2D eigenvalue weighted by Gasteiger charge is -2.15. The molecule has 1 rings (SSSR count). The summed E-state index contributed by atoms with van der Waals surface area (Å²) in [6.07, 6.45) is -3.43. The fourth-order valence-electron chi connectivity index (χ4n) is 1.37. The van der Waals surface area contributed by atoms with E-state index in [1.54, 1.807) is 13.8 Å². The molecular weight excluding hydrogens is 216 g/mol. The zero-order valence-corrected chi connectivity index (χ0v) is 9.50. The average Bonchev–Trinajstić information content (AvgIpc) is 2.42. The summed E-state index contributed by atoms with van der Waals surface area (Å²) in [6, 6.07) is 0. The molecule has 3 atom stereocenters. The second-order valence-corrected chi connectivity index (χ2v) is 3.83. The molecule has 1 aliphatic heterocycles. The zero-order valence-electron chi connectivity index (χ0n) is 9.50. The van der Waals surface area contributed by atoms with E-state index in [2.05, 4.69) is 4.74 Å². The number of hydrogen-bond acceptors (Lipinski definition) is 6. The van der Waals surface area contributed by atoms with E-state index < -0.39 is 30.3 Å². The summed E-state index contributed by atoms with van der Waals surface area (Å²) in [7, 11) is 0. The lowest BCUT2D eigenvalue weighted by molar-refractivity contribution is -0.163. The van der Waals surface area contributed by atoms with Gasteiger partial charge in [0.25, 0.3) is 0 Å². The summed E-state index contributed by atoms with van der Waals surface area (Å²) in [5, 5.41) is 9.44. The Balaban J connectivity index is 2.52. The molecule has 0 unspecified atom stereocenters. The maximum atomic E-state index is 11.7. The number of Topliss-reactive ketones (excluding diaryl/α,β-unsaturated/α-hetero) is 1. The summed E-state index contributed by atoms with van der Waals surface area (Å²) in [5.74, 6) is -0.901. The molecule has 1 saturated heterocycles. The number of carbonyl (C=O) groups excluding carboxylic acids is 2. The highest BCUT2D eigenvalue weighted by atomic mass is 16.7. The summed E-state index contributed by atoms with van der Waals surface area (Å²) < 4.78 is 14.8. The van der Waals surface area contributed by atoms with Crippen molar-refractivity contribution >= 4 is 11.8 Å². The Morgan fingerprint density at radius 1 is 1.56 bits per heavy atom. The van der Waals surface area contributed by atoms with Crippen molar-refractivity contribution in [2.45, 2.75) is 45.4 Å². The maximum absolute atomic E-state index is 11.7. The standard InChI is InChI=1S/C10H16O6/c1-5(2)15-9-8(12)7(16-10(9)13)4-14-6(3)11/h5,7,9-10,13H,4H2,1-3H3/t7-,9-,10+/m1/s1. The van der Waals surface area contributed by atoms with Crippen molar-refractivity contribution in [1.82, 2.24) is 0 Å². The first-order chi connectivity index (χ1) is 7.41. The molecule has 0 aromatic rings. The molecule has 0 aromatic carbocycles. The van der Waals surface area contributed by atoms with Gasteiger partial charge in [-0.15, -0.1) is 0 Å². The predicted molar refractivity (Wildman–Crippen MR) is 52.5 cm³/mol. The summed E-state index contributed by atoms with van der Waals surface area (Å²) >= 11 is 0. The van der Waals surface area contributed by atoms with Gasteiger partial charge in [0.2, 0.25) is 0 Å². The van der Waals surface area contributed by atoms with Gasteiger partial charge in [0.15, 0.2) is 24.3 Å². The van der Waals surface area contributed by atoms with Crippen LogP contribution in [0.5, 0.6) is 0 Å². The van der Waals surface area contributed by atoms with E-state index in [0.29, 0.717) is 0 Å². The molecule has 16 heavy (non-hydrogen) atoms. The van der Waals surface area contributed by atoms with Gasteiger partial charge in [-0.1, -0.05) is 0 Å². The fraction of sp³-hybridized carbons (Fsp3) is 0.800. The van der Waals surface area contributed by atoms with Crippen LogP contribution in [0.25, 0.3) is 0 Å². The van der Waals surface area contributed by atoms with Crippen molar-refractivity contribution in [2.24, 2.45) is 0 Å². The minimum absolute atomic E-state index is 0.191. The number of esters is 1. The first-order valence-corrected chi connectivity index (χ1v) is 5.08. The van der Waals surface area contributed by atoms with Gasteiger partial charge in [0.05, 0.1) is 6.10 Å². The molecule has 0 bridgehead atoms. The van der Waals surface area contributed by atoms with E-state index >= 15 is 0 Å². The Morgan fingerprint density at radius 2 is 2.19 bits per heavy atom. The topological polar surface area (TPSA) is 82.1 Å². The SMILES string of the molecule is CC(=O)OC[C@H]1O[C@H](O)[C@H](OC(C)C)C1=O. The van der Waals surface area contributed by atoms with Crippen LogP contribution in [0.1, 0.15) is 20.8 Å². The maximum Gasteiger partial charge on any atom is 0.302 e. The van der Waals surface area contributed by atoms with Crippen molar-refractivity contribution in [3.05, 3.63) is 0 Å². The van der Waals surface area contributed by atoms with Crippen LogP contribution in [0.3, 0.4) is 0 Å². The van der Waals surface area contributed by atoms with Crippen LogP contribution in [0, 0.1) is 0 Å². The molecule has 0 radical (unpaired) electrons. The number of aliphatic hydroxyl groups excluding tert-OH is 1. The van der Waals surface area contributed by atoms with Gasteiger partial charge in [-0.25, -0.2) is 0 Å². The van der Waals surface area contributed by atoms with Crippen molar-refractivity contribution in [1.29, 1.82) is 0 Å². The normalized spacial score (nSPS) is 29.8. The van der Waals surface area contributed by atoms with Crippen molar-refractivity contribution < 1.29 is 28.9 Å². The molecule has 1 fully saturated rings. The second-order valence-electron chi connectivity index (χ2n) is 3.83. The monoisotopic (exact) mass is 232 g/mol. The highest BCUT2D eigenvalue weighted by Gasteiger charge is 2.44. The summed E-state index contributed by atoms with van der Waals surface area (Å²) in [5.41, 5.74) is 0. The number of carbonyl (C=O) groups is 2. The van der Waals surface area contributed by atoms with Crippen LogP contribution in [0.2, 0.25) is 0 Å². The Kier molecular flexibility index (Phi) is 4.40. The van der Waals surface area contributed by atoms with Gasteiger partial charge < -0.3 is 19.3 Å². The molecule has 0 saturated carbocycles. The van der Waals surface area contributed by atoms with Gasteiger partial charge >= 0.3 is 5.97 Å². The lowest BCUT2D eigenvalue weighted by atomic mass is 10.2. The Bertz CT molecular complexity index is 274. The third-order valence-electron chi connectivity index (χ3n) is 2.02. The molecule has 6 heteroatoms. The molecule has 92 valence electrons. The lowest BCUT2D eigenvalue weighted by Crippen LogP contribution is -2.34. The number of rotatable bonds is 4. The Labute approximate surface area is 93.5 Å².